The molecular formula is C9H20BNO5S. The Morgan fingerprint density at radius 3 is 2.35 bits per heavy atom. The maximum absolute atomic E-state index is 10.9. The second kappa shape index (κ2) is 7.91. The van der Waals surface area contributed by atoms with E-state index in [0.29, 0.717) is 5.92 Å². The fourth-order valence-corrected chi connectivity index (χ4v) is 2.01. The standard InChI is InChI=1S/C9H20BNO5S/c1-7(2)5-8(6-12)11-4-3-9(13)17(15,16)10-14/h7-9,11-13H,3-6H2,1-2H3. The van der Waals surface area contributed by atoms with Crippen LogP contribution in [0, 0.1) is 5.92 Å². The summed E-state index contributed by atoms with van der Waals surface area (Å²) in [5.74, 6) is 0.406. The molecule has 0 aliphatic carbocycles. The van der Waals surface area contributed by atoms with Gasteiger partial charge in [-0.3, -0.25) is 0 Å². The Morgan fingerprint density at radius 2 is 1.94 bits per heavy atom. The predicted molar refractivity (Wildman–Crippen MR) is 64.3 cm³/mol. The summed E-state index contributed by atoms with van der Waals surface area (Å²) in [4.78, 5) is 0. The Labute approximate surface area is 102 Å². The van der Waals surface area contributed by atoms with Crippen molar-refractivity contribution in [3.63, 3.8) is 0 Å². The average molecular weight is 265 g/mol. The van der Waals surface area contributed by atoms with Crippen molar-refractivity contribution in [3.8, 4) is 0 Å². The van der Waals surface area contributed by atoms with E-state index in [2.05, 4.69) is 5.32 Å². The molecule has 0 aliphatic heterocycles. The van der Waals surface area contributed by atoms with Crippen molar-refractivity contribution in [1.29, 1.82) is 0 Å². The monoisotopic (exact) mass is 265 g/mol. The van der Waals surface area contributed by atoms with Crippen molar-refractivity contribution < 1.29 is 23.3 Å². The van der Waals surface area contributed by atoms with Gasteiger partial charge in [-0.15, -0.1) is 0 Å². The van der Waals surface area contributed by atoms with Gasteiger partial charge in [0.15, 0.2) is 0 Å². The number of aliphatic hydroxyl groups is 2. The van der Waals surface area contributed by atoms with Crippen LogP contribution in [0.5, 0.6) is 0 Å². The van der Waals surface area contributed by atoms with Gasteiger partial charge in [-0.2, -0.15) is 0 Å². The Bertz CT molecular complexity index is 319. The van der Waals surface area contributed by atoms with Gasteiger partial charge in [-0.25, -0.2) is 0 Å². The number of rotatable bonds is 9. The van der Waals surface area contributed by atoms with Crippen LogP contribution in [0.15, 0.2) is 0 Å². The van der Waals surface area contributed by atoms with Crippen molar-refractivity contribution in [2.45, 2.75) is 38.2 Å². The minimum absolute atomic E-state index is 0.0469. The van der Waals surface area contributed by atoms with Gasteiger partial charge in [0.1, 0.15) is 0 Å². The normalized spacial score (nSPS) is 15.6. The van der Waals surface area contributed by atoms with Gasteiger partial charge in [-0.1, -0.05) is 0 Å². The molecule has 0 spiro atoms. The molecular weight excluding hydrogens is 245 g/mol. The molecule has 0 rings (SSSR count). The molecule has 0 bridgehead atoms. The molecule has 0 heterocycles. The van der Waals surface area contributed by atoms with Crippen LogP contribution in [0.1, 0.15) is 26.7 Å². The molecule has 0 aromatic rings. The molecule has 6 nitrogen and oxygen atoms in total. The van der Waals surface area contributed by atoms with Crippen molar-refractivity contribution >= 4 is 16.1 Å². The summed E-state index contributed by atoms with van der Waals surface area (Å²) in [7, 11) is -4.05. The van der Waals surface area contributed by atoms with Crippen LogP contribution in [-0.2, 0) is 14.4 Å². The van der Waals surface area contributed by atoms with Crippen molar-refractivity contribution in [3.05, 3.63) is 0 Å². The van der Waals surface area contributed by atoms with Gasteiger partial charge in [0.2, 0.25) is 0 Å². The second-order valence-electron chi connectivity index (χ2n) is 4.39. The second-order valence-corrected chi connectivity index (χ2v) is 6.31. The summed E-state index contributed by atoms with van der Waals surface area (Å²) in [5, 5.41) is 21.2. The molecule has 2 atom stereocenters. The van der Waals surface area contributed by atoms with E-state index >= 15 is 0 Å². The van der Waals surface area contributed by atoms with Crippen molar-refractivity contribution in [1.82, 2.24) is 5.32 Å². The molecule has 0 aromatic carbocycles. The third-order valence-electron chi connectivity index (χ3n) is 2.31. The fraction of sp³-hybridized carbons (Fsp3) is 1.00. The molecule has 0 saturated carbocycles. The van der Waals surface area contributed by atoms with Gasteiger partial charge < -0.3 is 0 Å². The molecule has 2 unspecified atom stereocenters. The predicted octanol–water partition coefficient (Wildman–Crippen LogP) is -0.929. The van der Waals surface area contributed by atoms with Crippen LogP contribution in [0.4, 0.5) is 0 Å². The number of hydrogen-bond acceptors (Lipinski definition) is 6. The molecule has 8 heteroatoms. The molecule has 0 radical (unpaired) electrons. The average Bonchev–Trinajstić information content (AvgIpc) is 2.26. The Morgan fingerprint density at radius 1 is 1.35 bits per heavy atom. The van der Waals surface area contributed by atoms with Gasteiger partial charge in [0.25, 0.3) is 0 Å². The zero-order chi connectivity index (χ0) is 13.5. The van der Waals surface area contributed by atoms with Gasteiger partial charge in [0, 0.05) is 0 Å². The van der Waals surface area contributed by atoms with E-state index in [4.69, 9.17) is 5.11 Å². The first-order chi connectivity index (χ1) is 7.83. The van der Waals surface area contributed by atoms with Crippen LogP contribution < -0.4 is 5.32 Å². The molecule has 0 aromatic heterocycles. The van der Waals surface area contributed by atoms with Gasteiger partial charge in [-0.05, 0) is 0 Å². The molecule has 17 heavy (non-hydrogen) atoms. The van der Waals surface area contributed by atoms with E-state index in [1.807, 2.05) is 13.8 Å². The molecule has 0 amide bonds. The quantitative estimate of drug-likeness (QED) is 0.465. The zero-order valence-electron chi connectivity index (χ0n) is 10.2. The van der Waals surface area contributed by atoms with Crippen LogP contribution in [0.3, 0.4) is 0 Å². The van der Waals surface area contributed by atoms with Gasteiger partial charge in [0.05, 0.1) is 0 Å². The van der Waals surface area contributed by atoms with E-state index in [0.717, 1.165) is 6.42 Å². The Kier molecular flexibility index (Phi) is 7.77. The van der Waals surface area contributed by atoms with Crippen molar-refractivity contribution in [2.75, 3.05) is 13.2 Å². The number of nitrogens with one attached hydrogen (secondary N) is 1. The first kappa shape index (κ1) is 16.7. The first-order valence-corrected chi connectivity index (χ1v) is 7.15. The number of aliphatic hydroxyl groups excluding tert-OH is 2. The van der Waals surface area contributed by atoms with Crippen molar-refractivity contribution in [2.24, 2.45) is 5.92 Å². The molecule has 100 valence electrons. The van der Waals surface area contributed by atoms with Crippen LogP contribution in [0.2, 0.25) is 0 Å². The summed E-state index contributed by atoms with van der Waals surface area (Å²) in [6.45, 7) is 4.20. The molecule has 0 aliphatic rings. The summed E-state index contributed by atoms with van der Waals surface area (Å²) >= 11 is 0. The summed E-state index contributed by atoms with van der Waals surface area (Å²) < 4.78 is 32.0. The molecule has 0 saturated heterocycles. The SMILES string of the molecule is CC(C)CC(CO)NCCC(O)S(=O)(=O)B=O. The molecule has 3 N–H and O–H groups in total. The molecule has 0 fully saturated rings. The van der Waals surface area contributed by atoms with E-state index in [9.17, 15) is 18.2 Å². The third-order valence-corrected chi connectivity index (χ3v) is 3.58. The first-order valence-electron chi connectivity index (χ1n) is 5.54. The Balaban J connectivity index is 4.01. The zero-order valence-corrected chi connectivity index (χ0v) is 11.0. The fourth-order valence-electron chi connectivity index (χ4n) is 1.43. The summed E-state index contributed by atoms with van der Waals surface area (Å²) in [6, 6.07) is -0.124. The van der Waals surface area contributed by atoms with Crippen LogP contribution >= 0.6 is 0 Å². The van der Waals surface area contributed by atoms with E-state index in [1.165, 1.54) is 0 Å². The number of hydrogen-bond donors (Lipinski definition) is 3. The topological polar surface area (TPSA) is 104 Å². The minimum atomic E-state index is -4.05. The van der Waals surface area contributed by atoms with Gasteiger partial charge >= 0.3 is 102 Å². The van der Waals surface area contributed by atoms with E-state index in [1.54, 1.807) is 0 Å². The Hall–Kier alpha value is -0.305. The van der Waals surface area contributed by atoms with Crippen LogP contribution in [-0.4, -0.2) is 49.7 Å². The third kappa shape index (κ3) is 6.87. The van der Waals surface area contributed by atoms with E-state index in [-0.39, 0.29) is 32.0 Å². The summed E-state index contributed by atoms with van der Waals surface area (Å²) in [6.07, 6.45) is 0.442. The van der Waals surface area contributed by atoms with E-state index < -0.39 is 15.1 Å². The van der Waals surface area contributed by atoms with Crippen LogP contribution in [0.25, 0.3) is 0 Å². The maximum atomic E-state index is 10.9. The summed E-state index contributed by atoms with van der Waals surface area (Å²) in [5.41, 5.74) is -1.68.